The predicted molar refractivity (Wildman–Crippen MR) is 154 cm³/mol. The lowest BCUT2D eigenvalue weighted by Crippen LogP contribution is -2.37. The molecule has 0 spiro atoms. The van der Waals surface area contributed by atoms with Gasteiger partial charge in [0.15, 0.2) is 5.82 Å². The monoisotopic (exact) mass is 545 g/mol. The van der Waals surface area contributed by atoms with Gasteiger partial charge in [-0.2, -0.15) is 5.26 Å². The van der Waals surface area contributed by atoms with E-state index in [-0.39, 0.29) is 11.9 Å². The molecular formula is C32H31N7O2. The number of hydrogen-bond donors (Lipinski definition) is 1. The number of ether oxygens (including phenoxy) is 1. The number of nitrogens with one attached hydrogen (secondary N) is 1. The van der Waals surface area contributed by atoms with Crippen molar-refractivity contribution in [2.24, 2.45) is 13.0 Å². The molecule has 0 unspecified atom stereocenters. The Morgan fingerprint density at radius 1 is 1.10 bits per heavy atom. The number of rotatable bonds is 8. The standard InChI is InChI=1S/C32H31N7O2/c1-19(34-14-21-16-41-17-21)23-6-7-24-15-39(32(40)27(24)10-23)30-12-25(11-29(36-30)22-4-5-22)26-8-3-20(13-33)9-28(26)31-37-35-18-38(31)2/h3,6-12,18-19,21-22,34H,4-5,14-17H2,1-2H3/t19-/m1/s1. The first-order chi connectivity index (χ1) is 20.0. The molecule has 1 saturated carbocycles. The molecule has 2 aromatic heterocycles. The van der Waals surface area contributed by atoms with E-state index in [0.29, 0.717) is 35.6 Å². The number of carbonyl (C=O) groups is 1. The third-order valence-electron chi connectivity index (χ3n) is 8.37. The molecule has 7 rings (SSSR count). The molecule has 1 aliphatic carbocycles. The highest BCUT2D eigenvalue weighted by Crippen LogP contribution is 2.43. The van der Waals surface area contributed by atoms with E-state index in [1.54, 1.807) is 11.2 Å². The van der Waals surface area contributed by atoms with E-state index >= 15 is 0 Å². The normalized spacial score (nSPS) is 17.3. The molecule has 2 aromatic carbocycles. The molecule has 9 nitrogen and oxygen atoms in total. The summed E-state index contributed by atoms with van der Waals surface area (Å²) in [6, 6.07) is 18.3. The molecule has 4 heterocycles. The molecule has 2 fully saturated rings. The summed E-state index contributed by atoms with van der Waals surface area (Å²) in [5.41, 5.74) is 7.08. The van der Waals surface area contributed by atoms with Gasteiger partial charge >= 0.3 is 0 Å². The fraction of sp³-hybridized carbons (Fsp3) is 0.344. The second-order valence-corrected chi connectivity index (χ2v) is 11.4. The summed E-state index contributed by atoms with van der Waals surface area (Å²) in [7, 11) is 1.89. The van der Waals surface area contributed by atoms with E-state index in [2.05, 4.69) is 46.7 Å². The summed E-state index contributed by atoms with van der Waals surface area (Å²) in [5, 5.41) is 21.5. The van der Waals surface area contributed by atoms with Gasteiger partial charge in [-0.1, -0.05) is 18.2 Å². The van der Waals surface area contributed by atoms with Crippen molar-refractivity contribution in [1.29, 1.82) is 5.26 Å². The number of nitrogens with zero attached hydrogens (tertiary/aromatic N) is 6. The van der Waals surface area contributed by atoms with Crippen molar-refractivity contribution in [2.45, 2.75) is 38.3 Å². The Hall–Kier alpha value is -4.39. The van der Waals surface area contributed by atoms with E-state index in [1.807, 2.05) is 41.9 Å². The van der Waals surface area contributed by atoms with Crippen LogP contribution in [0.1, 0.15) is 64.5 Å². The number of anilines is 1. The molecule has 3 aliphatic rings. The molecule has 1 atom stereocenters. The number of pyridine rings is 1. The zero-order chi connectivity index (χ0) is 28.1. The van der Waals surface area contributed by atoms with Crippen LogP contribution in [0.4, 0.5) is 5.82 Å². The van der Waals surface area contributed by atoms with Gasteiger partial charge in [-0.25, -0.2) is 4.98 Å². The maximum Gasteiger partial charge on any atom is 0.260 e. The van der Waals surface area contributed by atoms with Crippen LogP contribution >= 0.6 is 0 Å². The van der Waals surface area contributed by atoms with E-state index in [4.69, 9.17) is 9.72 Å². The SMILES string of the molecule is C[C@@H](NCC1COC1)c1ccc2c(c1)C(=O)N(c1cc(-c3ccc(C#N)cc3-c3nncn3C)cc(C3CC3)n1)C2. The third kappa shape index (κ3) is 4.79. The number of fused-ring (bicyclic) bond motifs is 1. The van der Waals surface area contributed by atoms with E-state index in [1.165, 1.54) is 0 Å². The Labute approximate surface area is 238 Å². The maximum atomic E-state index is 13.8. The van der Waals surface area contributed by atoms with Gasteiger partial charge in [0.25, 0.3) is 5.91 Å². The van der Waals surface area contributed by atoms with Crippen molar-refractivity contribution in [3.05, 3.63) is 82.8 Å². The Balaban J connectivity index is 1.23. The molecule has 41 heavy (non-hydrogen) atoms. The predicted octanol–water partition coefficient (Wildman–Crippen LogP) is 4.75. The summed E-state index contributed by atoms with van der Waals surface area (Å²) in [6.07, 6.45) is 3.84. The Morgan fingerprint density at radius 3 is 2.66 bits per heavy atom. The molecule has 1 N–H and O–H groups in total. The lowest BCUT2D eigenvalue weighted by atomic mass is 9.96. The van der Waals surface area contributed by atoms with Crippen molar-refractivity contribution < 1.29 is 9.53 Å². The highest BCUT2D eigenvalue weighted by Gasteiger charge is 2.33. The average molecular weight is 546 g/mol. The maximum absolute atomic E-state index is 13.8. The minimum absolute atomic E-state index is 0.0267. The summed E-state index contributed by atoms with van der Waals surface area (Å²) in [4.78, 5) is 20.6. The molecular weight excluding hydrogens is 514 g/mol. The van der Waals surface area contributed by atoms with Crippen LogP contribution < -0.4 is 10.2 Å². The van der Waals surface area contributed by atoms with E-state index in [0.717, 1.165) is 71.7 Å². The number of nitriles is 1. The van der Waals surface area contributed by atoms with Crippen LogP contribution in [0.15, 0.2) is 54.9 Å². The molecule has 4 aromatic rings. The fourth-order valence-electron chi connectivity index (χ4n) is 5.63. The molecule has 206 valence electrons. The first kappa shape index (κ1) is 25.6. The highest BCUT2D eigenvalue weighted by molar-refractivity contribution is 6.10. The minimum Gasteiger partial charge on any atom is -0.381 e. The fourth-order valence-corrected chi connectivity index (χ4v) is 5.63. The summed E-state index contributed by atoms with van der Waals surface area (Å²) >= 11 is 0. The quantitative estimate of drug-likeness (QED) is 0.340. The number of benzene rings is 2. The smallest absolute Gasteiger partial charge is 0.260 e. The van der Waals surface area contributed by atoms with Crippen LogP contribution in [0.5, 0.6) is 0 Å². The van der Waals surface area contributed by atoms with Gasteiger partial charge in [-0.3, -0.25) is 9.69 Å². The molecule has 0 radical (unpaired) electrons. The van der Waals surface area contributed by atoms with Gasteiger partial charge in [0.2, 0.25) is 0 Å². The van der Waals surface area contributed by atoms with Crippen LogP contribution in [0.2, 0.25) is 0 Å². The van der Waals surface area contributed by atoms with Crippen molar-refractivity contribution in [3.8, 4) is 28.6 Å². The number of aryl methyl sites for hydroxylation is 1. The van der Waals surface area contributed by atoms with Crippen LogP contribution in [-0.4, -0.2) is 45.4 Å². The molecule has 2 aliphatic heterocycles. The van der Waals surface area contributed by atoms with Gasteiger partial charge in [0.1, 0.15) is 12.1 Å². The van der Waals surface area contributed by atoms with Gasteiger partial charge in [0.05, 0.1) is 31.4 Å². The summed E-state index contributed by atoms with van der Waals surface area (Å²) in [6.45, 7) is 5.16. The van der Waals surface area contributed by atoms with Crippen molar-refractivity contribution in [2.75, 3.05) is 24.7 Å². The van der Waals surface area contributed by atoms with Crippen LogP contribution in [-0.2, 0) is 18.3 Å². The zero-order valence-electron chi connectivity index (χ0n) is 23.2. The number of hydrogen-bond acceptors (Lipinski definition) is 7. The third-order valence-corrected chi connectivity index (χ3v) is 8.37. The zero-order valence-corrected chi connectivity index (χ0v) is 23.2. The number of carbonyl (C=O) groups excluding carboxylic acids is 1. The summed E-state index contributed by atoms with van der Waals surface area (Å²) < 4.78 is 7.13. The first-order valence-electron chi connectivity index (χ1n) is 14.1. The van der Waals surface area contributed by atoms with Gasteiger partial charge in [-0.15, -0.1) is 10.2 Å². The van der Waals surface area contributed by atoms with Crippen LogP contribution in [0, 0.1) is 17.2 Å². The topological polar surface area (TPSA) is 109 Å². The number of amides is 1. The Kier molecular flexibility index (Phi) is 6.37. The van der Waals surface area contributed by atoms with Crippen molar-refractivity contribution in [3.63, 3.8) is 0 Å². The van der Waals surface area contributed by atoms with Crippen LogP contribution in [0.3, 0.4) is 0 Å². The van der Waals surface area contributed by atoms with Crippen molar-refractivity contribution in [1.82, 2.24) is 25.1 Å². The largest absolute Gasteiger partial charge is 0.381 e. The lowest BCUT2D eigenvalue weighted by molar-refractivity contribution is -0.0315. The van der Waals surface area contributed by atoms with E-state index < -0.39 is 0 Å². The second kappa shape index (κ2) is 10.2. The lowest BCUT2D eigenvalue weighted by Gasteiger charge is -2.27. The van der Waals surface area contributed by atoms with Gasteiger partial charge in [-0.05, 0) is 72.4 Å². The Morgan fingerprint density at radius 2 is 1.95 bits per heavy atom. The molecule has 1 amide bonds. The number of aromatic nitrogens is 4. The van der Waals surface area contributed by atoms with Gasteiger partial charge in [0, 0.05) is 48.3 Å². The minimum atomic E-state index is -0.0267. The molecule has 0 bridgehead atoms. The van der Waals surface area contributed by atoms with Gasteiger partial charge < -0.3 is 14.6 Å². The second-order valence-electron chi connectivity index (χ2n) is 11.4. The average Bonchev–Trinajstić information content (AvgIpc) is 3.66. The highest BCUT2D eigenvalue weighted by atomic mass is 16.5. The Bertz CT molecular complexity index is 1700. The summed E-state index contributed by atoms with van der Waals surface area (Å²) in [5.74, 6) is 2.25. The first-order valence-corrected chi connectivity index (χ1v) is 14.1. The van der Waals surface area contributed by atoms with E-state index in [9.17, 15) is 10.1 Å². The molecule has 1 saturated heterocycles. The molecule has 9 heteroatoms. The van der Waals surface area contributed by atoms with Crippen molar-refractivity contribution >= 4 is 11.7 Å². The van der Waals surface area contributed by atoms with Crippen LogP contribution in [0.25, 0.3) is 22.5 Å².